The van der Waals surface area contributed by atoms with Crippen LogP contribution in [0.1, 0.15) is 0 Å². The summed E-state index contributed by atoms with van der Waals surface area (Å²) >= 11 is 3.62. The van der Waals surface area contributed by atoms with Gasteiger partial charge in [-0.05, 0) is 78.1 Å². The number of halogens is 1. The number of hydrogen-bond acceptors (Lipinski definition) is 1. The van der Waals surface area contributed by atoms with Crippen molar-refractivity contribution < 1.29 is 4.74 Å². The maximum Gasteiger partial charge on any atom is 0.119 e. The van der Waals surface area contributed by atoms with Gasteiger partial charge in [-0.2, -0.15) is 0 Å². The molecule has 0 unspecified atom stereocenters. The predicted octanol–water partition coefficient (Wildman–Crippen LogP) is 8.22. The zero-order valence-corrected chi connectivity index (χ0v) is 17.5. The molecule has 0 N–H and O–H groups in total. The third-order valence-corrected chi connectivity index (χ3v) is 6.44. The van der Waals surface area contributed by atoms with E-state index in [1.54, 1.807) is 7.11 Å². The van der Waals surface area contributed by atoms with Crippen LogP contribution in [0.25, 0.3) is 53.9 Å². The van der Waals surface area contributed by atoms with Gasteiger partial charge in [-0.3, -0.25) is 0 Å². The molecule has 0 heterocycles. The van der Waals surface area contributed by atoms with E-state index in [0.717, 1.165) is 10.2 Å². The Morgan fingerprint density at radius 2 is 1.00 bits per heavy atom. The zero-order chi connectivity index (χ0) is 19.5. The molecule has 0 atom stereocenters. The molecule has 138 valence electrons. The molecular weight excluding hydrogens is 420 g/mol. The van der Waals surface area contributed by atoms with E-state index in [2.05, 4.69) is 101 Å². The van der Waals surface area contributed by atoms with Crippen molar-refractivity contribution in [1.29, 1.82) is 0 Å². The van der Waals surface area contributed by atoms with Gasteiger partial charge in [-0.1, -0.05) is 76.6 Å². The van der Waals surface area contributed by atoms with Crippen LogP contribution in [0.3, 0.4) is 0 Å². The number of methoxy groups -OCH3 is 1. The molecular formula is C27H17BrO. The van der Waals surface area contributed by atoms with Crippen molar-refractivity contribution in [3.8, 4) is 5.75 Å². The zero-order valence-electron chi connectivity index (χ0n) is 15.9. The van der Waals surface area contributed by atoms with Gasteiger partial charge in [0.1, 0.15) is 5.75 Å². The van der Waals surface area contributed by atoms with Crippen LogP contribution in [0.15, 0.2) is 89.4 Å². The van der Waals surface area contributed by atoms with Crippen LogP contribution in [0.2, 0.25) is 0 Å². The average molecular weight is 437 g/mol. The molecule has 0 saturated heterocycles. The summed E-state index contributed by atoms with van der Waals surface area (Å²) in [5, 5.41) is 12.7. The molecule has 6 aromatic rings. The summed E-state index contributed by atoms with van der Waals surface area (Å²) in [5.74, 6) is 0.886. The summed E-state index contributed by atoms with van der Waals surface area (Å²) < 4.78 is 6.56. The highest BCUT2D eigenvalue weighted by Crippen LogP contribution is 2.40. The van der Waals surface area contributed by atoms with E-state index in [4.69, 9.17) is 4.74 Å². The SMILES string of the molecule is COc1ccc2c(ccc3ccc4ccc5ccc6cc(Br)ccc6c5c4c32)c1. The second-order valence-corrected chi connectivity index (χ2v) is 8.42. The Kier molecular flexibility index (Phi) is 3.60. The number of fused-ring (bicyclic) bond motifs is 9. The molecule has 29 heavy (non-hydrogen) atoms. The van der Waals surface area contributed by atoms with Crippen molar-refractivity contribution >= 4 is 69.8 Å². The first-order valence-corrected chi connectivity index (χ1v) is 10.5. The summed E-state index contributed by atoms with van der Waals surface area (Å²) in [4.78, 5) is 0. The van der Waals surface area contributed by atoms with Crippen molar-refractivity contribution in [2.45, 2.75) is 0 Å². The molecule has 2 heteroatoms. The Morgan fingerprint density at radius 3 is 1.59 bits per heavy atom. The predicted molar refractivity (Wildman–Crippen MR) is 128 cm³/mol. The van der Waals surface area contributed by atoms with Gasteiger partial charge >= 0.3 is 0 Å². The van der Waals surface area contributed by atoms with Crippen molar-refractivity contribution in [3.05, 3.63) is 89.4 Å². The maximum absolute atomic E-state index is 5.46. The summed E-state index contributed by atoms with van der Waals surface area (Å²) in [6.45, 7) is 0. The van der Waals surface area contributed by atoms with Crippen LogP contribution >= 0.6 is 15.9 Å². The van der Waals surface area contributed by atoms with E-state index in [9.17, 15) is 0 Å². The van der Waals surface area contributed by atoms with E-state index >= 15 is 0 Å². The second-order valence-electron chi connectivity index (χ2n) is 7.51. The molecule has 0 spiro atoms. The highest BCUT2D eigenvalue weighted by Gasteiger charge is 2.12. The van der Waals surface area contributed by atoms with Crippen LogP contribution in [-0.2, 0) is 0 Å². The first-order valence-electron chi connectivity index (χ1n) is 9.67. The Labute approximate surface area is 176 Å². The Hall–Kier alpha value is -3.10. The van der Waals surface area contributed by atoms with E-state index in [1.807, 2.05) is 0 Å². The Bertz CT molecular complexity index is 1590. The lowest BCUT2D eigenvalue weighted by Crippen LogP contribution is -1.87. The fourth-order valence-corrected chi connectivity index (χ4v) is 4.98. The molecule has 0 fully saturated rings. The Balaban J connectivity index is 1.93. The molecule has 6 rings (SSSR count). The van der Waals surface area contributed by atoms with Gasteiger partial charge in [-0.15, -0.1) is 0 Å². The smallest absolute Gasteiger partial charge is 0.119 e. The summed E-state index contributed by atoms with van der Waals surface area (Å²) in [6, 6.07) is 30.7. The Morgan fingerprint density at radius 1 is 0.517 bits per heavy atom. The molecule has 6 aromatic carbocycles. The highest BCUT2D eigenvalue weighted by atomic mass is 79.9. The molecule has 1 nitrogen and oxygen atoms in total. The largest absolute Gasteiger partial charge is 0.497 e. The van der Waals surface area contributed by atoms with Gasteiger partial charge in [0.2, 0.25) is 0 Å². The van der Waals surface area contributed by atoms with Crippen LogP contribution in [0, 0.1) is 0 Å². The first-order chi connectivity index (χ1) is 14.2. The average Bonchev–Trinajstić information content (AvgIpc) is 2.77. The minimum atomic E-state index is 0.886. The summed E-state index contributed by atoms with van der Waals surface area (Å²) in [5.41, 5.74) is 0. The topological polar surface area (TPSA) is 9.23 Å². The van der Waals surface area contributed by atoms with Gasteiger partial charge in [0.15, 0.2) is 0 Å². The molecule has 0 aliphatic carbocycles. The summed E-state index contributed by atoms with van der Waals surface area (Å²) in [7, 11) is 1.72. The van der Waals surface area contributed by atoms with Crippen LogP contribution in [0.4, 0.5) is 0 Å². The first kappa shape index (κ1) is 16.8. The lowest BCUT2D eigenvalue weighted by atomic mass is 9.91. The maximum atomic E-state index is 5.46. The van der Waals surface area contributed by atoms with Crippen molar-refractivity contribution in [2.24, 2.45) is 0 Å². The van der Waals surface area contributed by atoms with Crippen LogP contribution in [-0.4, -0.2) is 7.11 Å². The van der Waals surface area contributed by atoms with Gasteiger partial charge < -0.3 is 4.74 Å². The standard InChI is InChI=1S/C27H17BrO/c1-29-22-11-13-24-20(15-22)9-7-17-3-5-18-4-2-16-6-8-19-14-21(28)10-12-23(19)25(16)27(18)26(17)24/h2-15H,1H3. The molecule has 0 radical (unpaired) electrons. The van der Waals surface area contributed by atoms with Gasteiger partial charge in [0, 0.05) is 4.47 Å². The minimum absolute atomic E-state index is 0.886. The normalized spacial score (nSPS) is 11.8. The minimum Gasteiger partial charge on any atom is -0.497 e. The van der Waals surface area contributed by atoms with Gasteiger partial charge in [-0.25, -0.2) is 0 Å². The monoisotopic (exact) mass is 436 g/mol. The van der Waals surface area contributed by atoms with Gasteiger partial charge in [0.05, 0.1) is 7.11 Å². The second kappa shape index (κ2) is 6.20. The quantitative estimate of drug-likeness (QED) is 0.236. The lowest BCUT2D eigenvalue weighted by Gasteiger charge is -2.13. The van der Waals surface area contributed by atoms with Crippen molar-refractivity contribution in [2.75, 3.05) is 7.11 Å². The molecule has 0 saturated carbocycles. The van der Waals surface area contributed by atoms with E-state index in [0.29, 0.717) is 0 Å². The number of rotatable bonds is 1. The number of ether oxygens (including phenoxy) is 1. The lowest BCUT2D eigenvalue weighted by molar-refractivity contribution is 0.415. The molecule has 0 amide bonds. The number of benzene rings is 6. The fraction of sp³-hybridized carbons (Fsp3) is 0.0370. The fourth-order valence-electron chi connectivity index (χ4n) is 4.60. The molecule has 0 aliphatic heterocycles. The highest BCUT2D eigenvalue weighted by molar-refractivity contribution is 9.10. The molecule has 0 aliphatic rings. The summed E-state index contributed by atoms with van der Waals surface area (Å²) in [6.07, 6.45) is 0. The molecule has 0 bridgehead atoms. The third kappa shape index (κ3) is 2.46. The van der Waals surface area contributed by atoms with Crippen LogP contribution in [0.5, 0.6) is 5.75 Å². The van der Waals surface area contributed by atoms with Gasteiger partial charge in [0.25, 0.3) is 0 Å². The molecule has 0 aromatic heterocycles. The van der Waals surface area contributed by atoms with Crippen molar-refractivity contribution in [1.82, 2.24) is 0 Å². The number of hydrogen-bond donors (Lipinski definition) is 0. The van der Waals surface area contributed by atoms with Crippen molar-refractivity contribution in [3.63, 3.8) is 0 Å². The van der Waals surface area contributed by atoms with E-state index < -0.39 is 0 Å². The van der Waals surface area contributed by atoms with E-state index in [1.165, 1.54) is 53.9 Å². The third-order valence-electron chi connectivity index (χ3n) is 5.95. The van der Waals surface area contributed by atoms with Crippen LogP contribution < -0.4 is 4.74 Å². The van der Waals surface area contributed by atoms with E-state index in [-0.39, 0.29) is 0 Å².